The number of carboxylic acid groups (broad SMARTS) is 1. The van der Waals surface area contributed by atoms with Crippen LogP contribution < -0.4 is 5.73 Å². The highest BCUT2D eigenvalue weighted by Gasteiger charge is 2.24. The Bertz CT molecular complexity index is 459. The van der Waals surface area contributed by atoms with Crippen molar-refractivity contribution in [3.63, 3.8) is 0 Å². The van der Waals surface area contributed by atoms with Crippen LogP contribution in [0.2, 0.25) is 0 Å². The maximum Gasteiger partial charge on any atom is 0.335 e. The van der Waals surface area contributed by atoms with Crippen LogP contribution in [0.3, 0.4) is 0 Å². The highest BCUT2D eigenvalue weighted by molar-refractivity contribution is 5.97. The molecule has 1 unspecified atom stereocenters. The summed E-state index contributed by atoms with van der Waals surface area (Å²) in [7, 11) is 0. The normalized spacial score (nSPS) is 19.4. The number of nitrogens with two attached hydrogens (primary N) is 1. The van der Waals surface area contributed by atoms with E-state index < -0.39 is 5.97 Å². The molecule has 1 amide bonds. The summed E-state index contributed by atoms with van der Waals surface area (Å²) >= 11 is 0. The zero-order valence-electron chi connectivity index (χ0n) is 9.30. The summed E-state index contributed by atoms with van der Waals surface area (Å²) in [6.45, 7) is 1.17. The molecule has 1 atom stereocenters. The lowest BCUT2D eigenvalue weighted by Crippen LogP contribution is -2.31. The molecule has 0 aliphatic carbocycles. The van der Waals surface area contributed by atoms with E-state index in [4.69, 9.17) is 10.8 Å². The number of aromatic carboxylic acids is 1. The van der Waals surface area contributed by atoms with Crippen LogP contribution in [-0.2, 0) is 0 Å². The van der Waals surface area contributed by atoms with Crippen molar-refractivity contribution < 1.29 is 14.7 Å². The van der Waals surface area contributed by atoms with E-state index in [0.29, 0.717) is 18.7 Å². The van der Waals surface area contributed by atoms with E-state index in [1.165, 1.54) is 12.1 Å². The molecule has 0 spiro atoms. The van der Waals surface area contributed by atoms with E-state index in [2.05, 4.69) is 0 Å². The number of rotatable bonds is 2. The van der Waals surface area contributed by atoms with Gasteiger partial charge in [0.15, 0.2) is 0 Å². The number of amides is 1. The quantitative estimate of drug-likeness (QED) is 0.783. The Morgan fingerprint density at radius 3 is 2.65 bits per heavy atom. The molecular weight excluding hydrogens is 220 g/mol. The second kappa shape index (κ2) is 4.55. The molecule has 0 aromatic heterocycles. The Kier molecular flexibility index (Phi) is 3.10. The molecule has 1 heterocycles. The van der Waals surface area contributed by atoms with Gasteiger partial charge in [0.2, 0.25) is 0 Å². The molecule has 1 saturated heterocycles. The van der Waals surface area contributed by atoms with E-state index >= 15 is 0 Å². The Morgan fingerprint density at radius 2 is 2.06 bits per heavy atom. The summed E-state index contributed by atoms with van der Waals surface area (Å²) < 4.78 is 0. The number of carbonyl (C=O) groups excluding carboxylic acids is 1. The van der Waals surface area contributed by atoms with Gasteiger partial charge in [-0.1, -0.05) is 6.07 Å². The Hall–Kier alpha value is -1.88. The van der Waals surface area contributed by atoms with Crippen molar-refractivity contribution in [1.82, 2.24) is 4.90 Å². The lowest BCUT2D eigenvalue weighted by molar-refractivity contribution is 0.0697. The van der Waals surface area contributed by atoms with Crippen molar-refractivity contribution in [2.24, 2.45) is 5.73 Å². The van der Waals surface area contributed by atoms with Crippen LogP contribution in [0.5, 0.6) is 0 Å². The smallest absolute Gasteiger partial charge is 0.335 e. The molecule has 3 N–H and O–H groups in total. The van der Waals surface area contributed by atoms with Gasteiger partial charge < -0.3 is 15.7 Å². The maximum absolute atomic E-state index is 12.0. The standard InChI is InChI=1S/C12H14N2O3/c13-10-4-5-14(7-10)11(15)8-2-1-3-9(6-8)12(16)17/h1-3,6,10H,4-5,7,13H2,(H,16,17). The average Bonchev–Trinajstić information content (AvgIpc) is 2.75. The fraction of sp³-hybridized carbons (Fsp3) is 0.333. The van der Waals surface area contributed by atoms with Gasteiger partial charge in [-0.2, -0.15) is 0 Å². The van der Waals surface area contributed by atoms with Crippen LogP contribution in [0.25, 0.3) is 0 Å². The molecule has 2 rings (SSSR count). The van der Waals surface area contributed by atoms with Gasteiger partial charge in [0.25, 0.3) is 5.91 Å². The number of carboxylic acids is 1. The summed E-state index contributed by atoms with van der Waals surface area (Å²) in [5.41, 5.74) is 6.26. The summed E-state index contributed by atoms with van der Waals surface area (Å²) in [6, 6.07) is 6.09. The van der Waals surface area contributed by atoms with Crippen LogP contribution >= 0.6 is 0 Å². The van der Waals surface area contributed by atoms with Gasteiger partial charge in [-0.15, -0.1) is 0 Å². The van der Waals surface area contributed by atoms with Gasteiger partial charge >= 0.3 is 5.97 Å². The predicted molar refractivity (Wildman–Crippen MR) is 61.9 cm³/mol. The van der Waals surface area contributed by atoms with E-state index in [1.54, 1.807) is 17.0 Å². The number of hydrogen-bond acceptors (Lipinski definition) is 3. The van der Waals surface area contributed by atoms with Crippen molar-refractivity contribution in [1.29, 1.82) is 0 Å². The fourth-order valence-electron chi connectivity index (χ4n) is 1.94. The topological polar surface area (TPSA) is 83.6 Å². The van der Waals surface area contributed by atoms with Crippen molar-refractivity contribution in [3.05, 3.63) is 35.4 Å². The van der Waals surface area contributed by atoms with Crippen molar-refractivity contribution in [3.8, 4) is 0 Å². The van der Waals surface area contributed by atoms with E-state index in [1.807, 2.05) is 0 Å². The van der Waals surface area contributed by atoms with Crippen LogP contribution in [-0.4, -0.2) is 41.0 Å². The van der Waals surface area contributed by atoms with Crippen LogP contribution in [0, 0.1) is 0 Å². The zero-order chi connectivity index (χ0) is 12.4. The minimum atomic E-state index is -1.03. The minimum absolute atomic E-state index is 0.0293. The van der Waals surface area contributed by atoms with E-state index in [-0.39, 0.29) is 17.5 Å². The summed E-state index contributed by atoms with van der Waals surface area (Å²) in [4.78, 5) is 24.5. The molecule has 1 fully saturated rings. The molecule has 5 heteroatoms. The average molecular weight is 234 g/mol. The van der Waals surface area contributed by atoms with Crippen LogP contribution in [0.4, 0.5) is 0 Å². The second-order valence-electron chi connectivity index (χ2n) is 4.19. The first kappa shape index (κ1) is 11.6. The first-order chi connectivity index (χ1) is 8.08. The predicted octanol–water partition coefficient (Wildman–Crippen LogP) is 0.558. The number of nitrogens with zero attached hydrogens (tertiary/aromatic N) is 1. The number of likely N-dealkylation sites (tertiary alicyclic amines) is 1. The number of hydrogen-bond donors (Lipinski definition) is 2. The Morgan fingerprint density at radius 1 is 1.35 bits per heavy atom. The molecule has 0 bridgehead atoms. The van der Waals surface area contributed by atoms with Crippen molar-refractivity contribution in [2.75, 3.05) is 13.1 Å². The molecule has 1 aromatic rings. The van der Waals surface area contributed by atoms with Gasteiger partial charge in [-0.25, -0.2) is 4.79 Å². The highest BCUT2D eigenvalue weighted by Crippen LogP contribution is 2.13. The molecule has 0 saturated carbocycles. The first-order valence-corrected chi connectivity index (χ1v) is 5.46. The molecular formula is C12H14N2O3. The van der Waals surface area contributed by atoms with E-state index in [9.17, 15) is 9.59 Å². The van der Waals surface area contributed by atoms with E-state index in [0.717, 1.165) is 6.42 Å². The van der Waals surface area contributed by atoms with Gasteiger partial charge in [-0.3, -0.25) is 4.79 Å². The van der Waals surface area contributed by atoms with Crippen LogP contribution in [0.1, 0.15) is 27.1 Å². The number of benzene rings is 1. The summed E-state index contributed by atoms with van der Waals surface area (Å²) in [5, 5.41) is 8.85. The minimum Gasteiger partial charge on any atom is -0.478 e. The van der Waals surface area contributed by atoms with Gasteiger partial charge in [0.1, 0.15) is 0 Å². The van der Waals surface area contributed by atoms with Crippen LogP contribution in [0.15, 0.2) is 24.3 Å². The third kappa shape index (κ3) is 2.45. The summed E-state index contributed by atoms with van der Waals surface area (Å²) in [5.74, 6) is -1.18. The second-order valence-corrected chi connectivity index (χ2v) is 4.19. The Labute approximate surface area is 98.8 Å². The third-order valence-corrected chi connectivity index (χ3v) is 2.87. The third-order valence-electron chi connectivity index (χ3n) is 2.87. The largest absolute Gasteiger partial charge is 0.478 e. The number of carbonyl (C=O) groups is 2. The monoisotopic (exact) mass is 234 g/mol. The molecule has 1 aliphatic rings. The molecule has 5 nitrogen and oxygen atoms in total. The first-order valence-electron chi connectivity index (χ1n) is 5.46. The Balaban J connectivity index is 2.19. The molecule has 17 heavy (non-hydrogen) atoms. The molecule has 90 valence electrons. The van der Waals surface area contributed by atoms with Crippen molar-refractivity contribution >= 4 is 11.9 Å². The maximum atomic E-state index is 12.0. The van der Waals surface area contributed by atoms with Gasteiger partial charge in [-0.05, 0) is 24.6 Å². The zero-order valence-corrected chi connectivity index (χ0v) is 9.30. The molecule has 0 radical (unpaired) electrons. The lowest BCUT2D eigenvalue weighted by Gasteiger charge is -2.15. The fourth-order valence-corrected chi connectivity index (χ4v) is 1.94. The summed E-state index contributed by atoms with van der Waals surface area (Å²) in [6.07, 6.45) is 0.796. The lowest BCUT2D eigenvalue weighted by atomic mass is 10.1. The molecule has 1 aromatic carbocycles. The molecule has 1 aliphatic heterocycles. The van der Waals surface area contributed by atoms with Gasteiger partial charge in [0.05, 0.1) is 5.56 Å². The highest BCUT2D eigenvalue weighted by atomic mass is 16.4. The van der Waals surface area contributed by atoms with Crippen molar-refractivity contribution in [2.45, 2.75) is 12.5 Å². The SMILES string of the molecule is NC1CCN(C(=O)c2cccc(C(=O)O)c2)C1. The van der Waals surface area contributed by atoms with Gasteiger partial charge in [0, 0.05) is 24.7 Å².